The molecule has 1 amide bonds. The minimum absolute atomic E-state index is 0.0743. The molecule has 1 saturated heterocycles. The molecule has 1 fully saturated rings. The van der Waals surface area contributed by atoms with E-state index in [0.29, 0.717) is 61.5 Å². The van der Waals surface area contributed by atoms with Crippen LogP contribution in [0.15, 0.2) is 16.7 Å². The SMILES string of the molecule is CCc1noc(C)c1C(=O)N1CCCC(O)(COc2cc(C)c(Cl)c(C)c2)CC1. The Kier molecular flexibility index (Phi) is 6.54. The third kappa shape index (κ3) is 4.75. The highest BCUT2D eigenvalue weighted by Gasteiger charge is 2.34. The Labute approximate surface area is 176 Å². The second-order valence-corrected chi connectivity index (χ2v) is 8.32. The molecule has 1 atom stereocenters. The molecule has 6 nitrogen and oxygen atoms in total. The number of benzene rings is 1. The molecule has 29 heavy (non-hydrogen) atoms. The third-order valence-electron chi connectivity index (χ3n) is 5.60. The van der Waals surface area contributed by atoms with Crippen molar-refractivity contribution in [1.82, 2.24) is 10.1 Å². The zero-order chi connectivity index (χ0) is 21.2. The maximum Gasteiger partial charge on any atom is 0.259 e. The van der Waals surface area contributed by atoms with Crippen molar-refractivity contribution in [3.63, 3.8) is 0 Å². The fourth-order valence-electron chi connectivity index (χ4n) is 3.82. The molecule has 1 N–H and O–H groups in total. The summed E-state index contributed by atoms with van der Waals surface area (Å²) in [7, 11) is 0. The molecule has 0 aliphatic carbocycles. The Morgan fingerprint density at radius 3 is 2.62 bits per heavy atom. The van der Waals surface area contributed by atoms with Gasteiger partial charge in [0.25, 0.3) is 5.91 Å². The smallest absolute Gasteiger partial charge is 0.259 e. The number of carbonyl (C=O) groups is 1. The average Bonchev–Trinajstić information content (AvgIpc) is 2.95. The molecule has 0 bridgehead atoms. The molecule has 2 heterocycles. The van der Waals surface area contributed by atoms with E-state index in [1.165, 1.54) is 0 Å². The molecule has 1 aliphatic rings. The maximum atomic E-state index is 13.0. The van der Waals surface area contributed by atoms with Crippen LogP contribution in [0.5, 0.6) is 5.75 Å². The lowest BCUT2D eigenvalue weighted by Gasteiger charge is -2.27. The Balaban J connectivity index is 1.65. The lowest BCUT2D eigenvalue weighted by Crippen LogP contribution is -2.38. The highest BCUT2D eigenvalue weighted by molar-refractivity contribution is 6.32. The first-order valence-electron chi connectivity index (χ1n) is 10.1. The van der Waals surface area contributed by atoms with Gasteiger partial charge in [-0.3, -0.25) is 4.79 Å². The first-order chi connectivity index (χ1) is 13.7. The summed E-state index contributed by atoms with van der Waals surface area (Å²) in [5.74, 6) is 1.17. The highest BCUT2D eigenvalue weighted by Crippen LogP contribution is 2.29. The van der Waals surface area contributed by atoms with Gasteiger partial charge in [0, 0.05) is 18.1 Å². The number of halogens is 1. The van der Waals surface area contributed by atoms with Gasteiger partial charge < -0.3 is 19.3 Å². The van der Waals surface area contributed by atoms with Crippen molar-refractivity contribution in [1.29, 1.82) is 0 Å². The molecule has 0 radical (unpaired) electrons. The predicted octanol–water partition coefficient (Wildman–Crippen LogP) is 4.25. The second-order valence-electron chi connectivity index (χ2n) is 7.94. The van der Waals surface area contributed by atoms with Gasteiger partial charge in [-0.15, -0.1) is 0 Å². The molecule has 2 aromatic rings. The Morgan fingerprint density at radius 1 is 1.28 bits per heavy atom. The van der Waals surface area contributed by atoms with E-state index in [4.69, 9.17) is 20.9 Å². The van der Waals surface area contributed by atoms with Crippen molar-refractivity contribution < 1.29 is 19.2 Å². The van der Waals surface area contributed by atoms with Gasteiger partial charge in [-0.05, 0) is 69.7 Å². The molecule has 0 spiro atoms. The van der Waals surface area contributed by atoms with Gasteiger partial charge in [0.15, 0.2) is 0 Å². The van der Waals surface area contributed by atoms with E-state index in [9.17, 15) is 9.90 Å². The molecule has 7 heteroatoms. The van der Waals surface area contributed by atoms with Gasteiger partial charge in [-0.25, -0.2) is 0 Å². The first-order valence-corrected chi connectivity index (χ1v) is 10.5. The van der Waals surface area contributed by atoms with Gasteiger partial charge in [0.2, 0.25) is 0 Å². The van der Waals surface area contributed by atoms with Gasteiger partial charge in [0.05, 0.1) is 5.69 Å². The van der Waals surface area contributed by atoms with Crippen LogP contribution in [0.1, 0.15) is 59.1 Å². The molecular formula is C22H29ClN2O4. The number of hydrogen-bond donors (Lipinski definition) is 1. The molecular weight excluding hydrogens is 392 g/mol. The number of hydrogen-bond acceptors (Lipinski definition) is 5. The van der Waals surface area contributed by atoms with E-state index in [1.807, 2.05) is 32.9 Å². The zero-order valence-electron chi connectivity index (χ0n) is 17.5. The number of nitrogens with zero attached hydrogens (tertiary/aromatic N) is 2. The van der Waals surface area contributed by atoms with Crippen LogP contribution in [0.2, 0.25) is 5.02 Å². The van der Waals surface area contributed by atoms with E-state index >= 15 is 0 Å². The lowest BCUT2D eigenvalue weighted by molar-refractivity contribution is -0.0163. The summed E-state index contributed by atoms with van der Waals surface area (Å²) < 4.78 is 11.1. The lowest BCUT2D eigenvalue weighted by atomic mass is 9.96. The monoisotopic (exact) mass is 420 g/mol. The maximum absolute atomic E-state index is 13.0. The second kappa shape index (κ2) is 8.76. The fraction of sp³-hybridized carbons (Fsp3) is 0.545. The predicted molar refractivity (Wildman–Crippen MR) is 112 cm³/mol. The summed E-state index contributed by atoms with van der Waals surface area (Å²) in [6.07, 6.45) is 2.38. The molecule has 1 aliphatic heterocycles. The molecule has 158 valence electrons. The number of aliphatic hydroxyl groups is 1. The average molecular weight is 421 g/mol. The summed E-state index contributed by atoms with van der Waals surface area (Å²) in [4.78, 5) is 14.8. The summed E-state index contributed by atoms with van der Waals surface area (Å²) in [5.41, 5.74) is 2.16. The standard InChI is InChI=1S/C22H29ClN2O4/c1-5-18-19(16(4)29-24-18)21(26)25-9-6-7-22(27,8-10-25)13-28-17-11-14(2)20(23)15(3)12-17/h11-12,27H,5-10,13H2,1-4H3. The van der Waals surface area contributed by atoms with Crippen molar-refractivity contribution in [2.45, 2.75) is 59.0 Å². The van der Waals surface area contributed by atoms with Crippen LogP contribution in [-0.2, 0) is 6.42 Å². The number of aryl methyl sites for hydroxylation is 4. The Morgan fingerprint density at radius 2 is 1.97 bits per heavy atom. The van der Waals surface area contributed by atoms with Crippen molar-refractivity contribution in [2.24, 2.45) is 0 Å². The van der Waals surface area contributed by atoms with Crippen LogP contribution in [0.25, 0.3) is 0 Å². The third-order valence-corrected chi connectivity index (χ3v) is 6.20. The van der Waals surface area contributed by atoms with Gasteiger partial charge >= 0.3 is 0 Å². The van der Waals surface area contributed by atoms with Crippen molar-refractivity contribution in [2.75, 3.05) is 19.7 Å². The van der Waals surface area contributed by atoms with Gasteiger partial charge in [0.1, 0.15) is 29.3 Å². The van der Waals surface area contributed by atoms with Crippen LogP contribution in [0.4, 0.5) is 0 Å². The van der Waals surface area contributed by atoms with E-state index in [-0.39, 0.29) is 12.5 Å². The van der Waals surface area contributed by atoms with Gasteiger partial charge in [-0.1, -0.05) is 23.7 Å². The molecule has 1 aromatic heterocycles. The number of rotatable bonds is 5. The fourth-order valence-corrected chi connectivity index (χ4v) is 3.93. The van der Waals surface area contributed by atoms with Crippen molar-refractivity contribution >= 4 is 17.5 Å². The van der Waals surface area contributed by atoms with Crippen molar-refractivity contribution in [3.8, 4) is 5.75 Å². The van der Waals surface area contributed by atoms with Crippen LogP contribution in [0.3, 0.4) is 0 Å². The summed E-state index contributed by atoms with van der Waals surface area (Å²) in [6.45, 7) is 8.82. The summed E-state index contributed by atoms with van der Waals surface area (Å²) in [5, 5.41) is 15.8. The normalized spacial score (nSPS) is 19.9. The van der Waals surface area contributed by atoms with E-state index in [1.54, 1.807) is 11.8 Å². The number of aromatic nitrogens is 1. The van der Waals surface area contributed by atoms with Crippen LogP contribution < -0.4 is 4.74 Å². The number of carbonyl (C=O) groups excluding carboxylic acids is 1. The van der Waals surface area contributed by atoms with Crippen molar-refractivity contribution in [3.05, 3.63) is 45.3 Å². The zero-order valence-corrected chi connectivity index (χ0v) is 18.3. The van der Waals surface area contributed by atoms with Crippen LogP contribution in [-0.4, -0.2) is 46.4 Å². The number of amides is 1. The summed E-state index contributed by atoms with van der Waals surface area (Å²) in [6, 6.07) is 3.76. The minimum atomic E-state index is -0.978. The molecule has 1 unspecified atom stereocenters. The molecule has 0 saturated carbocycles. The largest absolute Gasteiger partial charge is 0.491 e. The van der Waals surface area contributed by atoms with Crippen LogP contribution >= 0.6 is 11.6 Å². The highest BCUT2D eigenvalue weighted by atomic mass is 35.5. The Hall–Kier alpha value is -2.05. The van der Waals surface area contributed by atoms with E-state index in [0.717, 1.165) is 16.1 Å². The Bertz CT molecular complexity index is 872. The minimum Gasteiger partial charge on any atom is -0.491 e. The van der Waals surface area contributed by atoms with Crippen LogP contribution in [0, 0.1) is 20.8 Å². The molecule has 3 rings (SSSR count). The number of likely N-dealkylation sites (tertiary alicyclic amines) is 1. The van der Waals surface area contributed by atoms with E-state index in [2.05, 4.69) is 5.16 Å². The molecule has 1 aromatic carbocycles. The number of ether oxygens (including phenoxy) is 1. The quantitative estimate of drug-likeness (QED) is 0.782. The first kappa shape index (κ1) is 21.7. The van der Waals surface area contributed by atoms with Gasteiger partial charge in [-0.2, -0.15) is 0 Å². The summed E-state index contributed by atoms with van der Waals surface area (Å²) >= 11 is 6.21. The van der Waals surface area contributed by atoms with E-state index < -0.39 is 5.60 Å². The topological polar surface area (TPSA) is 75.8 Å².